The number of nitrogens with zero attached hydrogens (tertiary/aromatic N) is 3. The van der Waals surface area contributed by atoms with Gasteiger partial charge in [-0.05, 0) is 30.7 Å². The molecule has 0 saturated heterocycles. The maximum atomic E-state index is 12.8. The highest BCUT2D eigenvalue weighted by Crippen LogP contribution is 2.29. The van der Waals surface area contributed by atoms with Crippen LogP contribution in [0.5, 0.6) is 0 Å². The van der Waals surface area contributed by atoms with Gasteiger partial charge in [-0.2, -0.15) is 5.10 Å². The number of rotatable bonds is 4. The number of carbonyl (C=O) groups is 1. The molecule has 4 rings (SSSR count). The van der Waals surface area contributed by atoms with E-state index >= 15 is 0 Å². The van der Waals surface area contributed by atoms with Gasteiger partial charge in [0.15, 0.2) is 5.65 Å². The molecule has 4 aromatic rings. The summed E-state index contributed by atoms with van der Waals surface area (Å²) in [7, 11) is 0. The zero-order chi connectivity index (χ0) is 19.7. The van der Waals surface area contributed by atoms with Crippen LogP contribution in [0.4, 0.5) is 0 Å². The SMILES string of the molecule is CC(NC(=O)c1cnn2c(-c3ccc(Cl)c(Cl)c3)ccnc12)c1ccccc1. The molecule has 0 aliphatic carbocycles. The monoisotopic (exact) mass is 410 g/mol. The van der Waals surface area contributed by atoms with Crippen LogP contribution >= 0.6 is 23.2 Å². The lowest BCUT2D eigenvalue weighted by Gasteiger charge is -2.13. The second kappa shape index (κ2) is 7.62. The molecule has 1 unspecified atom stereocenters. The second-order valence-electron chi connectivity index (χ2n) is 6.36. The highest BCUT2D eigenvalue weighted by molar-refractivity contribution is 6.42. The van der Waals surface area contributed by atoms with E-state index in [0.717, 1.165) is 16.8 Å². The lowest BCUT2D eigenvalue weighted by Crippen LogP contribution is -2.26. The zero-order valence-electron chi connectivity index (χ0n) is 14.9. The smallest absolute Gasteiger partial charge is 0.257 e. The topological polar surface area (TPSA) is 59.3 Å². The van der Waals surface area contributed by atoms with Gasteiger partial charge in [-0.25, -0.2) is 9.50 Å². The summed E-state index contributed by atoms with van der Waals surface area (Å²) >= 11 is 12.2. The quantitative estimate of drug-likeness (QED) is 0.503. The van der Waals surface area contributed by atoms with E-state index in [1.165, 1.54) is 6.20 Å². The number of aromatic nitrogens is 3. The van der Waals surface area contributed by atoms with Crippen molar-refractivity contribution < 1.29 is 4.79 Å². The predicted molar refractivity (Wildman–Crippen MR) is 111 cm³/mol. The van der Waals surface area contributed by atoms with Crippen LogP contribution < -0.4 is 5.32 Å². The van der Waals surface area contributed by atoms with Gasteiger partial charge >= 0.3 is 0 Å². The number of halogens is 2. The van der Waals surface area contributed by atoms with E-state index in [9.17, 15) is 4.79 Å². The van der Waals surface area contributed by atoms with Crippen LogP contribution in [0, 0.1) is 0 Å². The average molecular weight is 411 g/mol. The van der Waals surface area contributed by atoms with Gasteiger partial charge in [0.25, 0.3) is 5.91 Å². The first-order chi connectivity index (χ1) is 13.5. The minimum Gasteiger partial charge on any atom is -0.345 e. The number of nitrogens with one attached hydrogen (secondary N) is 1. The Morgan fingerprint density at radius 2 is 1.86 bits per heavy atom. The Balaban J connectivity index is 1.68. The molecule has 28 heavy (non-hydrogen) atoms. The van der Waals surface area contributed by atoms with Crippen molar-refractivity contribution in [3.8, 4) is 11.3 Å². The first-order valence-electron chi connectivity index (χ1n) is 8.68. The number of hydrogen-bond acceptors (Lipinski definition) is 3. The van der Waals surface area contributed by atoms with Crippen molar-refractivity contribution in [1.29, 1.82) is 0 Å². The number of fused-ring (bicyclic) bond motifs is 1. The fourth-order valence-electron chi connectivity index (χ4n) is 3.03. The first kappa shape index (κ1) is 18.5. The Morgan fingerprint density at radius 1 is 1.07 bits per heavy atom. The van der Waals surface area contributed by atoms with Crippen LogP contribution in [-0.4, -0.2) is 20.5 Å². The zero-order valence-corrected chi connectivity index (χ0v) is 16.4. The molecule has 2 aromatic heterocycles. The maximum absolute atomic E-state index is 12.8. The molecular weight excluding hydrogens is 395 g/mol. The van der Waals surface area contributed by atoms with E-state index in [0.29, 0.717) is 21.3 Å². The molecule has 140 valence electrons. The molecule has 1 atom stereocenters. The lowest BCUT2D eigenvalue weighted by atomic mass is 10.1. The normalized spacial score (nSPS) is 12.1. The van der Waals surface area contributed by atoms with Gasteiger partial charge in [-0.1, -0.05) is 59.6 Å². The summed E-state index contributed by atoms with van der Waals surface area (Å²) in [5.41, 5.74) is 3.50. The van der Waals surface area contributed by atoms with E-state index in [1.807, 2.05) is 49.4 Å². The van der Waals surface area contributed by atoms with Crippen molar-refractivity contribution in [2.75, 3.05) is 0 Å². The van der Waals surface area contributed by atoms with E-state index in [2.05, 4.69) is 15.4 Å². The van der Waals surface area contributed by atoms with E-state index in [-0.39, 0.29) is 11.9 Å². The lowest BCUT2D eigenvalue weighted by molar-refractivity contribution is 0.0941. The van der Waals surface area contributed by atoms with Crippen LogP contribution in [0.3, 0.4) is 0 Å². The van der Waals surface area contributed by atoms with Gasteiger partial charge in [0.1, 0.15) is 5.56 Å². The van der Waals surface area contributed by atoms with E-state index in [4.69, 9.17) is 23.2 Å². The molecule has 0 saturated carbocycles. The molecule has 1 N–H and O–H groups in total. The van der Waals surface area contributed by atoms with Crippen LogP contribution in [0.1, 0.15) is 28.9 Å². The van der Waals surface area contributed by atoms with Gasteiger partial charge in [0.05, 0.1) is 28.0 Å². The van der Waals surface area contributed by atoms with Crippen molar-refractivity contribution in [3.63, 3.8) is 0 Å². The van der Waals surface area contributed by atoms with Gasteiger partial charge in [-0.3, -0.25) is 4.79 Å². The molecule has 0 radical (unpaired) electrons. The third-order valence-electron chi connectivity index (χ3n) is 4.51. The van der Waals surface area contributed by atoms with Crippen molar-refractivity contribution in [2.24, 2.45) is 0 Å². The number of amides is 1. The highest BCUT2D eigenvalue weighted by atomic mass is 35.5. The molecule has 0 aliphatic rings. The number of benzene rings is 2. The van der Waals surface area contributed by atoms with Crippen molar-refractivity contribution in [2.45, 2.75) is 13.0 Å². The predicted octanol–water partition coefficient (Wildman–Crippen LogP) is 5.19. The summed E-state index contributed by atoms with van der Waals surface area (Å²) in [5, 5.41) is 8.29. The minimum atomic E-state index is -0.231. The number of carbonyl (C=O) groups excluding carboxylic acids is 1. The van der Waals surface area contributed by atoms with Crippen LogP contribution in [0.25, 0.3) is 16.9 Å². The minimum absolute atomic E-state index is 0.137. The molecule has 7 heteroatoms. The van der Waals surface area contributed by atoms with Crippen LogP contribution in [0.2, 0.25) is 10.0 Å². The maximum Gasteiger partial charge on any atom is 0.257 e. The average Bonchev–Trinajstić information content (AvgIpc) is 3.15. The van der Waals surface area contributed by atoms with Gasteiger partial charge < -0.3 is 5.32 Å². The third-order valence-corrected chi connectivity index (χ3v) is 5.25. The van der Waals surface area contributed by atoms with E-state index < -0.39 is 0 Å². The summed E-state index contributed by atoms with van der Waals surface area (Å²) in [6.07, 6.45) is 3.17. The van der Waals surface area contributed by atoms with Gasteiger partial charge in [0.2, 0.25) is 0 Å². The summed E-state index contributed by atoms with van der Waals surface area (Å²) in [6, 6.07) is 16.8. The first-order valence-corrected chi connectivity index (χ1v) is 9.44. The summed E-state index contributed by atoms with van der Waals surface area (Å²) < 4.78 is 1.63. The molecule has 0 spiro atoms. The Morgan fingerprint density at radius 3 is 2.61 bits per heavy atom. The summed E-state index contributed by atoms with van der Waals surface area (Å²) in [4.78, 5) is 17.2. The van der Waals surface area contributed by atoms with Crippen molar-refractivity contribution in [1.82, 2.24) is 19.9 Å². The standard InChI is InChI=1S/C21H16Cl2N4O/c1-13(14-5-3-2-4-6-14)26-21(28)16-12-25-27-19(9-10-24-20(16)27)15-7-8-17(22)18(23)11-15/h2-13H,1H3,(H,26,28). The van der Waals surface area contributed by atoms with Gasteiger partial charge in [-0.15, -0.1) is 0 Å². The third kappa shape index (κ3) is 3.46. The molecule has 5 nitrogen and oxygen atoms in total. The highest BCUT2D eigenvalue weighted by Gasteiger charge is 2.18. The number of hydrogen-bond donors (Lipinski definition) is 1. The summed E-state index contributed by atoms with van der Waals surface area (Å²) in [5.74, 6) is -0.231. The molecule has 1 amide bonds. The molecular formula is C21H16Cl2N4O. The largest absolute Gasteiger partial charge is 0.345 e. The fraction of sp³-hybridized carbons (Fsp3) is 0.0952. The van der Waals surface area contributed by atoms with E-state index in [1.54, 1.807) is 22.8 Å². The Kier molecular flexibility index (Phi) is 5.03. The molecule has 2 heterocycles. The Hall–Kier alpha value is -2.89. The fourth-order valence-corrected chi connectivity index (χ4v) is 3.32. The Bertz CT molecular complexity index is 1160. The van der Waals surface area contributed by atoms with Crippen LogP contribution in [0.15, 0.2) is 67.0 Å². The molecule has 0 bridgehead atoms. The molecule has 0 aliphatic heterocycles. The summed E-state index contributed by atoms with van der Waals surface area (Å²) in [6.45, 7) is 1.94. The van der Waals surface area contributed by atoms with Gasteiger partial charge in [0, 0.05) is 11.8 Å². The molecule has 2 aromatic carbocycles. The van der Waals surface area contributed by atoms with Crippen molar-refractivity contribution >= 4 is 34.8 Å². The Labute approximate surface area is 171 Å². The second-order valence-corrected chi connectivity index (χ2v) is 7.17. The van der Waals surface area contributed by atoms with Crippen molar-refractivity contribution in [3.05, 3.63) is 88.2 Å². The molecule has 0 fully saturated rings. The van der Waals surface area contributed by atoms with Crippen LogP contribution in [-0.2, 0) is 0 Å².